The molecular weight excluding hydrogens is 332 g/mol. The van der Waals surface area contributed by atoms with Crippen LogP contribution in [0.25, 0.3) is 16.8 Å². The Morgan fingerprint density at radius 1 is 1.31 bits per heavy atom. The lowest BCUT2D eigenvalue weighted by molar-refractivity contribution is -0.579. The number of hydrogen-bond acceptors (Lipinski definition) is 5. The Balaban J connectivity index is 1.83. The van der Waals surface area contributed by atoms with Crippen molar-refractivity contribution in [3.05, 3.63) is 36.4 Å². The van der Waals surface area contributed by atoms with E-state index < -0.39 is 0 Å². The molecule has 0 saturated carbocycles. The van der Waals surface area contributed by atoms with Gasteiger partial charge in [-0.15, -0.1) is 4.52 Å². The van der Waals surface area contributed by atoms with Crippen molar-refractivity contribution < 1.29 is 18.7 Å². The normalized spacial score (nSPS) is 19.0. The van der Waals surface area contributed by atoms with Crippen LogP contribution in [0.1, 0.15) is 31.9 Å². The number of fused-ring (bicyclic) bond motifs is 1. The van der Waals surface area contributed by atoms with Crippen LogP contribution < -0.4 is 14.0 Å². The molecule has 3 aromatic rings. The molecule has 1 atom stereocenters. The number of pyridine rings is 1. The minimum Gasteiger partial charge on any atom is -0.490 e. The molecule has 0 radical (unpaired) electrons. The third kappa shape index (κ3) is 2.88. The van der Waals surface area contributed by atoms with Crippen LogP contribution in [0.5, 0.6) is 11.6 Å². The van der Waals surface area contributed by atoms with Gasteiger partial charge in [0.15, 0.2) is 6.20 Å². The summed E-state index contributed by atoms with van der Waals surface area (Å²) in [4.78, 5) is 9.13. The van der Waals surface area contributed by atoms with Crippen LogP contribution >= 0.6 is 0 Å². The van der Waals surface area contributed by atoms with E-state index in [1.807, 2.05) is 29.0 Å². The molecule has 0 aromatic carbocycles. The van der Waals surface area contributed by atoms with Gasteiger partial charge in [-0.3, -0.25) is 0 Å². The van der Waals surface area contributed by atoms with Gasteiger partial charge in [-0.25, -0.2) is 10.1 Å². The van der Waals surface area contributed by atoms with Gasteiger partial charge in [0.1, 0.15) is 0 Å². The summed E-state index contributed by atoms with van der Waals surface area (Å²) in [7, 11) is 3.28. The lowest BCUT2D eigenvalue weighted by Gasteiger charge is -2.15. The fourth-order valence-electron chi connectivity index (χ4n) is 3.52. The molecule has 0 aliphatic carbocycles. The number of ether oxygens (including phenoxy) is 3. The Hall–Kier alpha value is -2.67. The van der Waals surface area contributed by atoms with Crippen molar-refractivity contribution in [2.45, 2.75) is 31.8 Å². The molecule has 0 amide bonds. The zero-order chi connectivity index (χ0) is 18.3. The summed E-state index contributed by atoms with van der Waals surface area (Å²) in [6.45, 7) is 4.87. The van der Waals surface area contributed by atoms with Crippen molar-refractivity contribution in [2.24, 2.45) is 0 Å². The van der Waals surface area contributed by atoms with Gasteiger partial charge in [0, 0.05) is 12.3 Å². The highest BCUT2D eigenvalue weighted by Crippen LogP contribution is 2.38. The molecule has 1 saturated heterocycles. The minimum absolute atomic E-state index is 0.140. The highest BCUT2D eigenvalue weighted by Gasteiger charge is 2.38. The number of H-pyrrole nitrogens is 1. The monoisotopic (exact) mass is 355 g/mol. The van der Waals surface area contributed by atoms with Crippen molar-refractivity contribution in [1.82, 2.24) is 15.1 Å². The molecule has 1 N–H and O–H groups in total. The first-order valence-electron chi connectivity index (χ1n) is 8.63. The highest BCUT2D eigenvalue weighted by atomic mass is 16.5. The first kappa shape index (κ1) is 16.8. The highest BCUT2D eigenvalue weighted by molar-refractivity contribution is 5.74. The molecule has 136 valence electrons. The van der Waals surface area contributed by atoms with Crippen LogP contribution in [0, 0.1) is 0 Å². The van der Waals surface area contributed by atoms with Gasteiger partial charge >= 0.3 is 5.65 Å². The Morgan fingerprint density at radius 3 is 2.85 bits per heavy atom. The number of hydrogen-bond donors (Lipinski definition) is 1. The zero-order valence-corrected chi connectivity index (χ0v) is 15.4. The molecule has 4 heterocycles. The molecule has 1 aliphatic heterocycles. The number of rotatable bonds is 4. The van der Waals surface area contributed by atoms with Gasteiger partial charge in [0.05, 0.1) is 44.1 Å². The quantitative estimate of drug-likeness (QED) is 0.728. The van der Waals surface area contributed by atoms with E-state index in [0.717, 1.165) is 34.6 Å². The average Bonchev–Trinajstić information content (AvgIpc) is 3.22. The number of aromatic amines is 1. The lowest BCUT2D eigenvalue weighted by atomic mass is 9.94. The second-order valence-corrected chi connectivity index (χ2v) is 7.13. The Kier molecular flexibility index (Phi) is 4.03. The van der Waals surface area contributed by atoms with Gasteiger partial charge in [-0.05, 0) is 36.9 Å². The van der Waals surface area contributed by atoms with Gasteiger partial charge in [0.25, 0.3) is 0 Å². The molecule has 1 aliphatic rings. The maximum absolute atomic E-state index is 5.91. The summed E-state index contributed by atoms with van der Waals surface area (Å²) in [6.07, 6.45) is 6.51. The van der Waals surface area contributed by atoms with E-state index in [0.29, 0.717) is 12.5 Å². The van der Waals surface area contributed by atoms with Crippen molar-refractivity contribution in [3.63, 3.8) is 0 Å². The van der Waals surface area contributed by atoms with Crippen molar-refractivity contribution in [2.75, 3.05) is 20.8 Å². The van der Waals surface area contributed by atoms with Gasteiger partial charge in [0.2, 0.25) is 17.3 Å². The van der Waals surface area contributed by atoms with Crippen LogP contribution in [-0.4, -0.2) is 41.5 Å². The van der Waals surface area contributed by atoms with E-state index in [2.05, 4.69) is 23.9 Å². The zero-order valence-electron chi connectivity index (χ0n) is 15.4. The topological polar surface area (TPSA) is 73.4 Å². The van der Waals surface area contributed by atoms with E-state index in [-0.39, 0.29) is 11.5 Å². The molecule has 3 aromatic heterocycles. The minimum atomic E-state index is -0.140. The van der Waals surface area contributed by atoms with E-state index in [1.54, 1.807) is 20.4 Å². The van der Waals surface area contributed by atoms with Crippen molar-refractivity contribution >= 4 is 5.65 Å². The maximum atomic E-state index is 5.91. The largest absolute Gasteiger partial charge is 0.490 e. The van der Waals surface area contributed by atoms with Gasteiger partial charge in [-0.2, -0.15) is 0 Å². The second kappa shape index (κ2) is 6.25. The van der Waals surface area contributed by atoms with E-state index in [9.17, 15) is 0 Å². The molecular formula is C19H23N4O3+. The lowest BCUT2D eigenvalue weighted by Crippen LogP contribution is -2.25. The van der Waals surface area contributed by atoms with Crippen molar-refractivity contribution in [3.8, 4) is 22.8 Å². The summed E-state index contributed by atoms with van der Waals surface area (Å²) < 4.78 is 18.6. The third-order valence-electron chi connectivity index (χ3n) is 4.82. The maximum Gasteiger partial charge on any atom is 0.356 e. The predicted molar refractivity (Wildman–Crippen MR) is 95.5 cm³/mol. The molecule has 7 heteroatoms. The van der Waals surface area contributed by atoms with E-state index in [4.69, 9.17) is 19.2 Å². The Labute approximate surface area is 151 Å². The molecule has 0 unspecified atom stereocenters. The summed E-state index contributed by atoms with van der Waals surface area (Å²) in [6, 6.07) is 3.84. The summed E-state index contributed by atoms with van der Waals surface area (Å²) in [5.74, 6) is 1.54. The predicted octanol–water partition coefficient (Wildman–Crippen LogP) is 2.51. The van der Waals surface area contributed by atoms with Gasteiger partial charge < -0.3 is 14.2 Å². The van der Waals surface area contributed by atoms with Gasteiger partial charge in [-0.1, -0.05) is 0 Å². The van der Waals surface area contributed by atoms with Crippen molar-refractivity contribution in [1.29, 1.82) is 0 Å². The Bertz CT molecular complexity index is 951. The fourth-order valence-corrected chi connectivity index (χ4v) is 3.52. The number of methoxy groups -OCH3 is 2. The van der Waals surface area contributed by atoms with Crippen LogP contribution in [0.3, 0.4) is 0 Å². The summed E-state index contributed by atoms with van der Waals surface area (Å²) in [5.41, 5.74) is 3.59. The third-order valence-corrected chi connectivity index (χ3v) is 4.82. The van der Waals surface area contributed by atoms with E-state index in [1.165, 1.54) is 0 Å². The molecule has 7 nitrogen and oxygen atoms in total. The molecule has 1 fully saturated rings. The average molecular weight is 355 g/mol. The SMILES string of the molecule is COc1cc(-c2c[nH][n+]3cc(OC)c([C@H]4COC(C)(C)C4)nc23)ccn1. The first-order chi connectivity index (χ1) is 12.5. The van der Waals surface area contributed by atoms with E-state index >= 15 is 0 Å². The second-order valence-electron chi connectivity index (χ2n) is 7.13. The standard InChI is InChI=1S/C19H22N4O3/c1-19(2)8-13(11-26-19)17-15(24-3)10-23-18(22-17)14(9-21-23)12-5-6-20-16(7-12)25-4/h5-7,9-10,13H,8,11H2,1-4H3/p+1/t13-/m1/s1. The number of nitrogens with zero attached hydrogens (tertiary/aromatic N) is 3. The molecule has 4 rings (SSSR count). The fraction of sp³-hybridized carbons (Fsp3) is 0.421. The summed E-state index contributed by atoms with van der Waals surface area (Å²) in [5, 5.41) is 3.21. The number of aromatic nitrogens is 4. The first-order valence-corrected chi connectivity index (χ1v) is 8.63. The Morgan fingerprint density at radius 2 is 2.15 bits per heavy atom. The number of nitrogens with one attached hydrogen (secondary N) is 1. The van der Waals surface area contributed by atoms with Crippen LogP contribution in [0.2, 0.25) is 0 Å². The molecule has 0 spiro atoms. The smallest absolute Gasteiger partial charge is 0.356 e. The van der Waals surface area contributed by atoms with Crippen LogP contribution in [0.4, 0.5) is 0 Å². The molecule has 0 bridgehead atoms. The van der Waals surface area contributed by atoms with Crippen LogP contribution in [0.15, 0.2) is 30.7 Å². The summed E-state index contributed by atoms with van der Waals surface area (Å²) >= 11 is 0. The van der Waals surface area contributed by atoms with Crippen LogP contribution in [-0.2, 0) is 4.74 Å². The molecule has 26 heavy (non-hydrogen) atoms.